The average molecular weight is 250 g/mol. The van der Waals surface area contributed by atoms with Gasteiger partial charge in [-0.25, -0.2) is 4.98 Å². The molecule has 0 atom stereocenters. The first-order valence-corrected chi connectivity index (χ1v) is 6.14. The first kappa shape index (κ1) is 11.6. The molecule has 3 rings (SSSR count). The topological polar surface area (TPSA) is 42.5 Å². The van der Waals surface area contributed by atoms with Gasteiger partial charge in [-0.15, -0.1) is 10.2 Å². The molecule has 19 heavy (non-hydrogen) atoms. The van der Waals surface area contributed by atoms with E-state index in [2.05, 4.69) is 15.2 Å². The summed E-state index contributed by atoms with van der Waals surface area (Å²) in [5.41, 5.74) is 4.03. The Hall–Kier alpha value is -2.49. The molecule has 0 aliphatic carbocycles. The Labute approximate surface area is 111 Å². The summed E-state index contributed by atoms with van der Waals surface area (Å²) in [5.74, 6) is 0.613. The van der Waals surface area contributed by atoms with Crippen molar-refractivity contribution in [1.29, 1.82) is 0 Å². The molecule has 0 saturated carbocycles. The van der Waals surface area contributed by atoms with Gasteiger partial charge in [0, 0.05) is 7.05 Å². The Kier molecular flexibility index (Phi) is 2.83. The summed E-state index contributed by atoms with van der Waals surface area (Å²) in [5, 5.41) is 8.44. The van der Waals surface area contributed by atoms with Gasteiger partial charge in [-0.05, 0) is 31.2 Å². The molecule has 1 aromatic heterocycles. The van der Waals surface area contributed by atoms with Crippen LogP contribution >= 0.6 is 0 Å². The monoisotopic (exact) mass is 250 g/mol. The molecule has 94 valence electrons. The van der Waals surface area contributed by atoms with Gasteiger partial charge in [0.05, 0.1) is 16.7 Å². The van der Waals surface area contributed by atoms with E-state index in [1.54, 1.807) is 0 Å². The quantitative estimate of drug-likeness (QED) is 0.625. The van der Waals surface area contributed by atoms with Crippen molar-refractivity contribution in [3.8, 4) is 0 Å². The standard InChI is InChI=1S/C15H14N4/c1-11-7-9-12(10-8-11)17-18-15-16-13-5-3-4-6-14(13)19(15)2/h3-10H,1-2H3. The molecular formula is C15H14N4. The lowest BCUT2D eigenvalue weighted by atomic mass is 10.2. The minimum Gasteiger partial charge on any atom is -0.310 e. The second-order valence-electron chi connectivity index (χ2n) is 4.50. The number of fused-ring (bicyclic) bond motifs is 1. The van der Waals surface area contributed by atoms with Crippen LogP contribution in [0.15, 0.2) is 58.8 Å². The van der Waals surface area contributed by atoms with Crippen molar-refractivity contribution >= 4 is 22.7 Å². The smallest absolute Gasteiger partial charge is 0.250 e. The molecule has 4 heteroatoms. The molecule has 0 fully saturated rings. The van der Waals surface area contributed by atoms with Gasteiger partial charge in [-0.3, -0.25) is 0 Å². The number of azo groups is 1. The average Bonchev–Trinajstić information content (AvgIpc) is 2.76. The van der Waals surface area contributed by atoms with Gasteiger partial charge in [-0.2, -0.15) is 0 Å². The van der Waals surface area contributed by atoms with Crippen molar-refractivity contribution in [2.24, 2.45) is 17.3 Å². The van der Waals surface area contributed by atoms with E-state index in [0.717, 1.165) is 16.7 Å². The Morgan fingerprint density at radius 2 is 1.68 bits per heavy atom. The van der Waals surface area contributed by atoms with Gasteiger partial charge in [-0.1, -0.05) is 29.8 Å². The third-order valence-corrected chi connectivity index (χ3v) is 3.05. The molecule has 0 aliphatic heterocycles. The highest BCUT2D eigenvalue weighted by atomic mass is 15.3. The number of rotatable bonds is 2. The highest BCUT2D eigenvalue weighted by Crippen LogP contribution is 2.22. The molecule has 0 spiro atoms. The highest BCUT2D eigenvalue weighted by molar-refractivity contribution is 5.77. The largest absolute Gasteiger partial charge is 0.310 e. The SMILES string of the molecule is Cc1ccc(N=Nc2nc3ccccc3n2C)cc1. The molecule has 3 aromatic rings. The Morgan fingerprint density at radius 1 is 0.947 bits per heavy atom. The number of aryl methyl sites for hydroxylation is 2. The molecular weight excluding hydrogens is 236 g/mol. The molecule has 2 aromatic carbocycles. The van der Waals surface area contributed by atoms with E-state index in [9.17, 15) is 0 Å². The third-order valence-electron chi connectivity index (χ3n) is 3.05. The zero-order valence-electron chi connectivity index (χ0n) is 10.9. The van der Waals surface area contributed by atoms with Crippen LogP contribution in [0, 0.1) is 6.92 Å². The van der Waals surface area contributed by atoms with Crippen molar-refractivity contribution in [3.05, 3.63) is 54.1 Å². The van der Waals surface area contributed by atoms with Crippen molar-refractivity contribution in [1.82, 2.24) is 9.55 Å². The molecule has 1 heterocycles. The number of hydrogen-bond acceptors (Lipinski definition) is 3. The number of hydrogen-bond donors (Lipinski definition) is 0. The molecule has 0 radical (unpaired) electrons. The van der Waals surface area contributed by atoms with E-state index in [0.29, 0.717) is 5.95 Å². The van der Waals surface area contributed by atoms with Gasteiger partial charge >= 0.3 is 0 Å². The van der Waals surface area contributed by atoms with Crippen LogP contribution in [0.2, 0.25) is 0 Å². The Morgan fingerprint density at radius 3 is 2.42 bits per heavy atom. The maximum Gasteiger partial charge on any atom is 0.250 e. The van der Waals surface area contributed by atoms with E-state index in [-0.39, 0.29) is 0 Å². The zero-order chi connectivity index (χ0) is 13.2. The van der Waals surface area contributed by atoms with Crippen molar-refractivity contribution in [2.75, 3.05) is 0 Å². The van der Waals surface area contributed by atoms with Gasteiger partial charge < -0.3 is 4.57 Å². The number of imidazole rings is 1. The predicted octanol–water partition coefficient (Wildman–Crippen LogP) is 4.30. The van der Waals surface area contributed by atoms with Crippen LogP contribution in [0.4, 0.5) is 11.6 Å². The van der Waals surface area contributed by atoms with Crippen LogP contribution in [0.3, 0.4) is 0 Å². The van der Waals surface area contributed by atoms with E-state index in [4.69, 9.17) is 0 Å². The predicted molar refractivity (Wildman–Crippen MR) is 76.1 cm³/mol. The van der Waals surface area contributed by atoms with Crippen LogP contribution in [-0.2, 0) is 7.05 Å². The summed E-state index contributed by atoms with van der Waals surface area (Å²) in [6.07, 6.45) is 0. The van der Waals surface area contributed by atoms with E-state index >= 15 is 0 Å². The molecule has 4 nitrogen and oxygen atoms in total. The fourth-order valence-corrected chi connectivity index (χ4v) is 1.94. The molecule has 0 amide bonds. The summed E-state index contributed by atoms with van der Waals surface area (Å²) < 4.78 is 1.94. The lowest BCUT2D eigenvalue weighted by molar-refractivity contribution is 0.921. The second-order valence-corrected chi connectivity index (χ2v) is 4.50. The minimum absolute atomic E-state index is 0.613. The molecule has 0 aliphatic rings. The van der Waals surface area contributed by atoms with Crippen LogP contribution in [0.25, 0.3) is 11.0 Å². The summed E-state index contributed by atoms with van der Waals surface area (Å²) in [4.78, 5) is 4.45. The molecule has 0 unspecified atom stereocenters. The van der Waals surface area contributed by atoms with E-state index < -0.39 is 0 Å². The lowest BCUT2D eigenvalue weighted by Gasteiger charge is -1.96. The van der Waals surface area contributed by atoms with Crippen LogP contribution in [0.5, 0.6) is 0 Å². The number of aromatic nitrogens is 2. The maximum atomic E-state index is 4.45. The van der Waals surface area contributed by atoms with Crippen LogP contribution in [0.1, 0.15) is 5.56 Å². The number of para-hydroxylation sites is 2. The molecule has 0 bridgehead atoms. The molecule has 0 saturated heterocycles. The normalized spacial score (nSPS) is 11.5. The summed E-state index contributed by atoms with van der Waals surface area (Å²) in [6.45, 7) is 2.05. The van der Waals surface area contributed by atoms with Crippen LogP contribution < -0.4 is 0 Å². The zero-order valence-corrected chi connectivity index (χ0v) is 10.9. The number of nitrogens with zero attached hydrogens (tertiary/aromatic N) is 4. The lowest BCUT2D eigenvalue weighted by Crippen LogP contribution is -1.85. The fourth-order valence-electron chi connectivity index (χ4n) is 1.94. The maximum absolute atomic E-state index is 4.45. The van der Waals surface area contributed by atoms with Crippen molar-refractivity contribution in [2.45, 2.75) is 6.92 Å². The first-order chi connectivity index (χ1) is 9.24. The Bertz CT molecular complexity index is 738. The van der Waals surface area contributed by atoms with Crippen molar-refractivity contribution < 1.29 is 0 Å². The van der Waals surface area contributed by atoms with Gasteiger partial charge in [0.25, 0.3) is 0 Å². The summed E-state index contributed by atoms with van der Waals surface area (Å²) in [7, 11) is 1.94. The summed E-state index contributed by atoms with van der Waals surface area (Å²) >= 11 is 0. The second kappa shape index (κ2) is 4.65. The van der Waals surface area contributed by atoms with Gasteiger partial charge in [0.2, 0.25) is 5.95 Å². The third kappa shape index (κ3) is 2.25. The van der Waals surface area contributed by atoms with Gasteiger partial charge in [0.1, 0.15) is 0 Å². The van der Waals surface area contributed by atoms with E-state index in [1.165, 1.54) is 5.56 Å². The Balaban J connectivity index is 1.97. The molecule has 0 N–H and O–H groups in total. The van der Waals surface area contributed by atoms with Crippen LogP contribution in [-0.4, -0.2) is 9.55 Å². The minimum atomic E-state index is 0.613. The van der Waals surface area contributed by atoms with Gasteiger partial charge in [0.15, 0.2) is 0 Å². The van der Waals surface area contributed by atoms with E-state index in [1.807, 2.05) is 67.1 Å². The van der Waals surface area contributed by atoms with Crippen molar-refractivity contribution in [3.63, 3.8) is 0 Å². The fraction of sp³-hybridized carbons (Fsp3) is 0.133. The highest BCUT2D eigenvalue weighted by Gasteiger charge is 2.05. The summed E-state index contributed by atoms with van der Waals surface area (Å²) in [6, 6.07) is 15.9. The number of benzene rings is 2. The first-order valence-electron chi connectivity index (χ1n) is 6.14.